The number of carbonyl (C=O) groups excluding carboxylic acids is 5. The van der Waals surface area contributed by atoms with Crippen LogP contribution >= 0.6 is 0 Å². The zero-order valence-electron chi connectivity index (χ0n) is 35.9. The van der Waals surface area contributed by atoms with Crippen LogP contribution in [0.2, 0.25) is 0 Å². The third kappa shape index (κ3) is 37.3. The quantitative estimate of drug-likeness (QED) is 0.0404. The fraction of sp³-hybridized carbons (Fsp3) is 0.829. The van der Waals surface area contributed by atoms with Gasteiger partial charge in [-0.15, -0.1) is 0 Å². The van der Waals surface area contributed by atoms with Crippen LogP contribution in [0.3, 0.4) is 0 Å². The lowest BCUT2D eigenvalue weighted by atomic mass is 10.0. The van der Waals surface area contributed by atoms with Gasteiger partial charge < -0.3 is 60.9 Å². The van der Waals surface area contributed by atoms with Gasteiger partial charge in [0.25, 0.3) is 0 Å². The van der Waals surface area contributed by atoms with Crippen LogP contribution < -0.4 is 26.6 Å². The number of rotatable bonds is 44. The van der Waals surface area contributed by atoms with E-state index in [0.29, 0.717) is 32.2 Å². The van der Waals surface area contributed by atoms with Crippen molar-refractivity contribution in [3.8, 4) is 0 Å². The number of carboxylic acids is 2. The average molecular weight is 862 g/mol. The smallest absolute Gasteiger partial charge is 0.326 e. The van der Waals surface area contributed by atoms with E-state index >= 15 is 0 Å². The normalized spacial score (nSPS) is 12.0. The van der Waals surface area contributed by atoms with Crippen LogP contribution in [-0.2, 0) is 52.5 Å². The molecule has 0 radical (unpaired) electrons. The Bertz CT molecular complexity index is 1180. The van der Waals surface area contributed by atoms with Crippen molar-refractivity contribution in [2.24, 2.45) is 0 Å². The summed E-state index contributed by atoms with van der Waals surface area (Å²) in [5, 5.41) is 40.5. The molecule has 0 aromatic rings. The largest absolute Gasteiger partial charge is 0.481 e. The molecule has 348 valence electrons. The number of unbranched alkanes of at least 4 members (excludes halogenated alkanes) is 12. The minimum absolute atomic E-state index is 0.0346. The van der Waals surface area contributed by atoms with Gasteiger partial charge in [-0.25, -0.2) is 4.79 Å². The number of ether oxygens (including phenoxy) is 4. The molecular formula is C41H75N5O14. The molecule has 0 saturated carbocycles. The molecule has 0 aromatic heterocycles. The molecule has 0 saturated heterocycles. The number of nitrogens with one attached hydrogen (secondary N) is 5. The minimum Gasteiger partial charge on any atom is -0.481 e. The summed E-state index contributed by atoms with van der Waals surface area (Å²) < 4.78 is 21.3. The van der Waals surface area contributed by atoms with Crippen LogP contribution in [0, 0.1) is 0 Å². The van der Waals surface area contributed by atoms with E-state index in [1.165, 1.54) is 19.3 Å². The Morgan fingerprint density at radius 2 is 0.933 bits per heavy atom. The monoisotopic (exact) mass is 862 g/mol. The van der Waals surface area contributed by atoms with E-state index in [-0.39, 0.29) is 127 Å². The van der Waals surface area contributed by atoms with Gasteiger partial charge in [0.05, 0.1) is 45.7 Å². The molecule has 8 N–H and O–H groups in total. The van der Waals surface area contributed by atoms with E-state index in [1.54, 1.807) is 7.05 Å². The number of ketones is 1. The molecule has 19 nitrogen and oxygen atoms in total. The Labute approximate surface area is 355 Å². The van der Waals surface area contributed by atoms with Crippen LogP contribution in [0.15, 0.2) is 0 Å². The first-order chi connectivity index (χ1) is 29.0. The molecule has 4 amide bonds. The van der Waals surface area contributed by atoms with E-state index < -0.39 is 24.6 Å². The molecule has 0 fully saturated rings. The summed E-state index contributed by atoms with van der Waals surface area (Å²) in [4.78, 5) is 81.9. The number of amides is 4. The number of likely N-dealkylation sites (N-methyl/N-ethyl adjacent to an activating group) is 1. The maximum atomic E-state index is 12.3. The number of Topliss-reactive ketones (excluding diaryl/α,β-unsaturated/α-hetero) is 1. The summed E-state index contributed by atoms with van der Waals surface area (Å²) in [5.41, 5.74) is 0. The first-order valence-corrected chi connectivity index (χ1v) is 21.7. The summed E-state index contributed by atoms with van der Waals surface area (Å²) in [6.07, 6.45) is 14.7. The van der Waals surface area contributed by atoms with Crippen molar-refractivity contribution >= 4 is 41.4 Å². The highest BCUT2D eigenvalue weighted by Gasteiger charge is 2.21. The fourth-order valence-electron chi connectivity index (χ4n) is 5.89. The van der Waals surface area contributed by atoms with Gasteiger partial charge in [-0.1, -0.05) is 64.2 Å². The summed E-state index contributed by atoms with van der Waals surface area (Å²) in [5.74, 6) is -3.47. The fourth-order valence-corrected chi connectivity index (χ4v) is 5.89. The molecule has 0 aliphatic rings. The Morgan fingerprint density at radius 3 is 1.42 bits per heavy atom. The maximum Gasteiger partial charge on any atom is 0.326 e. The summed E-state index contributed by atoms with van der Waals surface area (Å²) in [6.45, 7) is 1.40. The van der Waals surface area contributed by atoms with Gasteiger partial charge in [-0.2, -0.15) is 0 Å². The van der Waals surface area contributed by atoms with Crippen LogP contribution in [0.25, 0.3) is 0 Å². The molecule has 0 rings (SSSR count). The second-order valence-corrected chi connectivity index (χ2v) is 14.5. The lowest BCUT2D eigenvalue weighted by Crippen LogP contribution is -2.41. The molecule has 0 unspecified atom stereocenters. The molecule has 0 aromatic carbocycles. The third-order valence-corrected chi connectivity index (χ3v) is 9.32. The van der Waals surface area contributed by atoms with Gasteiger partial charge in [0.15, 0.2) is 5.78 Å². The Hall–Kier alpha value is -3.75. The van der Waals surface area contributed by atoms with Crippen molar-refractivity contribution < 1.29 is 67.8 Å². The summed E-state index contributed by atoms with van der Waals surface area (Å²) in [7, 11) is 1.66. The highest BCUT2D eigenvalue weighted by atomic mass is 16.5. The molecule has 2 atom stereocenters. The van der Waals surface area contributed by atoms with Gasteiger partial charge in [-0.05, 0) is 45.6 Å². The van der Waals surface area contributed by atoms with Crippen molar-refractivity contribution in [3.05, 3.63) is 0 Å². The van der Waals surface area contributed by atoms with E-state index in [4.69, 9.17) is 29.2 Å². The number of carbonyl (C=O) groups is 7. The van der Waals surface area contributed by atoms with E-state index in [2.05, 4.69) is 26.6 Å². The van der Waals surface area contributed by atoms with E-state index in [0.717, 1.165) is 51.4 Å². The van der Waals surface area contributed by atoms with Gasteiger partial charge in [-0.3, -0.25) is 28.8 Å². The second kappa shape index (κ2) is 40.6. The summed E-state index contributed by atoms with van der Waals surface area (Å²) >= 11 is 0. The molecule has 0 heterocycles. The minimum atomic E-state index is -1.19. The van der Waals surface area contributed by atoms with Crippen molar-refractivity contribution in [2.45, 2.75) is 134 Å². The van der Waals surface area contributed by atoms with Crippen LogP contribution in [0.4, 0.5) is 0 Å². The predicted octanol–water partition coefficient (Wildman–Crippen LogP) is 1.62. The van der Waals surface area contributed by atoms with Crippen molar-refractivity contribution in [1.82, 2.24) is 26.6 Å². The molecule has 0 bridgehead atoms. The molecule has 0 aliphatic heterocycles. The van der Waals surface area contributed by atoms with Gasteiger partial charge in [0, 0.05) is 38.9 Å². The molecule has 0 spiro atoms. The third-order valence-electron chi connectivity index (χ3n) is 9.32. The average Bonchev–Trinajstić information content (AvgIpc) is 3.22. The second-order valence-electron chi connectivity index (χ2n) is 14.5. The Kier molecular flexibility index (Phi) is 38.1. The lowest BCUT2D eigenvalue weighted by molar-refractivity contribution is -0.142. The zero-order chi connectivity index (χ0) is 44.5. The van der Waals surface area contributed by atoms with Gasteiger partial charge in [0.1, 0.15) is 25.9 Å². The Balaban J connectivity index is 3.67. The highest BCUT2D eigenvalue weighted by molar-refractivity contribution is 5.85. The van der Waals surface area contributed by atoms with Crippen molar-refractivity contribution in [1.29, 1.82) is 0 Å². The number of aliphatic hydroxyl groups excluding tert-OH is 1. The first kappa shape index (κ1) is 56.2. The predicted molar refractivity (Wildman–Crippen MR) is 222 cm³/mol. The number of aliphatic carboxylic acids is 2. The van der Waals surface area contributed by atoms with Crippen LogP contribution in [-0.4, -0.2) is 155 Å². The van der Waals surface area contributed by atoms with Crippen molar-refractivity contribution in [2.75, 3.05) is 86.1 Å². The SMILES string of the molecule is CN[C@@H](CCCCNC(=O)COCCOCCNC(=O)COCCOCCNC(=O)CC[C@H](NC(=O)CCCCCCCCCCCCCCC(=O)O)C(=O)O)C(=O)CO. The zero-order valence-corrected chi connectivity index (χ0v) is 35.9. The van der Waals surface area contributed by atoms with E-state index in [1.807, 2.05) is 0 Å². The van der Waals surface area contributed by atoms with Gasteiger partial charge in [0.2, 0.25) is 23.6 Å². The number of hydrogen-bond donors (Lipinski definition) is 8. The first-order valence-electron chi connectivity index (χ1n) is 21.7. The molecule has 19 heteroatoms. The summed E-state index contributed by atoms with van der Waals surface area (Å²) in [6, 6.07) is -1.54. The van der Waals surface area contributed by atoms with E-state index in [9.17, 15) is 38.7 Å². The highest BCUT2D eigenvalue weighted by Crippen LogP contribution is 2.13. The van der Waals surface area contributed by atoms with Crippen LogP contribution in [0.1, 0.15) is 122 Å². The van der Waals surface area contributed by atoms with Gasteiger partial charge >= 0.3 is 11.9 Å². The topological polar surface area (TPSA) is 277 Å². The number of hydrogen-bond acceptors (Lipinski definition) is 13. The van der Waals surface area contributed by atoms with Crippen LogP contribution in [0.5, 0.6) is 0 Å². The number of carboxylic acid groups (broad SMARTS) is 2. The lowest BCUT2D eigenvalue weighted by Gasteiger charge is -2.14. The maximum absolute atomic E-state index is 12.3. The number of aliphatic hydroxyl groups is 1. The standard InChI is InChI=1S/C41H75N5O14/c1-42-33(35(48)30-47)16-14-15-21-43-38(51)31-59-28-27-58-25-23-45-39(52)32-60-29-26-57-24-22-44-36(49)20-19-34(41(55)56)46-37(50)17-12-10-8-6-4-2-3-5-7-9-11-13-18-40(53)54/h33-34,42,47H,2-32H2,1H3,(H,43,51)(H,44,49)(H,45,52)(H,46,50)(H,53,54)(H,55,56)/t33-,34-/m0/s1. The van der Waals surface area contributed by atoms with Crippen molar-refractivity contribution in [3.63, 3.8) is 0 Å². The molecular weight excluding hydrogens is 786 g/mol. The molecule has 60 heavy (non-hydrogen) atoms. The molecule has 0 aliphatic carbocycles. The Morgan fingerprint density at radius 1 is 0.467 bits per heavy atom.